The van der Waals surface area contributed by atoms with Gasteiger partial charge in [-0.25, -0.2) is 4.98 Å². The van der Waals surface area contributed by atoms with Crippen molar-refractivity contribution in [3.05, 3.63) is 11.4 Å². The molecule has 2 aromatic rings. The fourth-order valence-corrected chi connectivity index (χ4v) is 2.93. The van der Waals surface area contributed by atoms with Crippen LogP contribution < -0.4 is 10.6 Å². The molecule has 0 bridgehead atoms. The number of thioether (sulfide) groups is 1. The Labute approximate surface area is 122 Å². The summed E-state index contributed by atoms with van der Waals surface area (Å²) in [7, 11) is 0. The fourth-order valence-electron chi connectivity index (χ4n) is 1.73. The molecule has 0 amide bonds. The number of aromatic nitrogens is 2. The lowest BCUT2D eigenvalue weighted by atomic mass is 10.3. The number of nitrogens with zero attached hydrogens (tertiary/aromatic N) is 2. The number of rotatable bonds is 8. The van der Waals surface area contributed by atoms with Crippen molar-refractivity contribution < 1.29 is 0 Å². The lowest BCUT2D eigenvalue weighted by Crippen LogP contribution is -2.09. The van der Waals surface area contributed by atoms with Crippen LogP contribution in [0, 0.1) is 0 Å². The third-order valence-corrected chi connectivity index (χ3v) is 4.18. The van der Waals surface area contributed by atoms with E-state index in [0.29, 0.717) is 0 Å². The van der Waals surface area contributed by atoms with Gasteiger partial charge in [0.25, 0.3) is 0 Å². The first-order chi connectivity index (χ1) is 9.35. The summed E-state index contributed by atoms with van der Waals surface area (Å²) in [6.07, 6.45) is 4.35. The lowest BCUT2D eigenvalue weighted by Gasteiger charge is -2.09. The molecule has 2 rings (SSSR count). The van der Waals surface area contributed by atoms with Crippen molar-refractivity contribution in [3.63, 3.8) is 0 Å². The molecule has 0 spiro atoms. The maximum absolute atomic E-state index is 4.57. The topological polar surface area (TPSA) is 49.8 Å². The molecule has 2 heterocycles. The fraction of sp³-hybridized carbons (Fsp3) is 0.538. The van der Waals surface area contributed by atoms with Crippen LogP contribution in [-0.4, -0.2) is 35.1 Å². The summed E-state index contributed by atoms with van der Waals surface area (Å²) in [5.41, 5.74) is 0. The van der Waals surface area contributed by atoms with E-state index in [2.05, 4.69) is 45.2 Å². The van der Waals surface area contributed by atoms with Crippen LogP contribution in [0.5, 0.6) is 0 Å². The average Bonchev–Trinajstić information content (AvgIpc) is 2.89. The van der Waals surface area contributed by atoms with Gasteiger partial charge in [0.2, 0.25) is 5.95 Å². The van der Waals surface area contributed by atoms with Crippen LogP contribution in [0.3, 0.4) is 0 Å². The van der Waals surface area contributed by atoms with Crippen molar-refractivity contribution in [3.8, 4) is 0 Å². The molecule has 0 atom stereocenters. The molecule has 4 nitrogen and oxygen atoms in total. The average molecular weight is 296 g/mol. The Balaban J connectivity index is 2.12. The molecule has 0 aliphatic rings. The first-order valence-corrected chi connectivity index (χ1v) is 8.84. The van der Waals surface area contributed by atoms with Gasteiger partial charge in [0.05, 0.1) is 5.39 Å². The molecular formula is C13H20N4S2. The Morgan fingerprint density at radius 1 is 1.26 bits per heavy atom. The minimum absolute atomic E-state index is 0.726. The van der Waals surface area contributed by atoms with Gasteiger partial charge in [0, 0.05) is 13.1 Å². The monoisotopic (exact) mass is 296 g/mol. The number of fused-ring (bicyclic) bond motifs is 1. The van der Waals surface area contributed by atoms with Crippen molar-refractivity contribution in [2.45, 2.75) is 19.8 Å². The number of hydrogen-bond acceptors (Lipinski definition) is 6. The minimum atomic E-state index is 0.726. The van der Waals surface area contributed by atoms with Crippen LogP contribution >= 0.6 is 23.1 Å². The maximum atomic E-state index is 4.57. The van der Waals surface area contributed by atoms with Crippen LogP contribution in [-0.2, 0) is 0 Å². The van der Waals surface area contributed by atoms with Gasteiger partial charge in [0.1, 0.15) is 10.6 Å². The normalized spacial score (nSPS) is 10.8. The van der Waals surface area contributed by atoms with Crippen molar-refractivity contribution in [2.24, 2.45) is 0 Å². The Hall–Kier alpha value is -1.01. The summed E-state index contributed by atoms with van der Waals surface area (Å²) in [6, 6.07) is 2.08. The van der Waals surface area contributed by atoms with Crippen LogP contribution in [0.25, 0.3) is 10.2 Å². The Bertz CT molecular complexity index is 512. The SMILES string of the molecule is CCCNc1nc(NCCCSC)c2ccsc2n1. The van der Waals surface area contributed by atoms with E-state index in [1.54, 1.807) is 11.3 Å². The summed E-state index contributed by atoms with van der Waals surface area (Å²) >= 11 is 3.53. The highest BCUT2D eigenvalue weighted by atomic mass is 32.2. The highest BCUT2D eigenvalue weighted by molar-refractivity contribution is 7.98. The standard InChI is InChI=1S/C13H20N4S2/c1-3-6-15-13-16-11(14-7-4-8-18-2)10-5-9-19-12(10)17-13/h5,9H,3-4,6-8H2,1-2H3,(H2,14,15,16,17). The Morgan fingerprint density at radius 2 is 2.16 bits per heavy atom. The van der Waals surface area contributed by atoms with Gasteiger partial charge in [-0.2, -0.15) is 16.7 Å². The third-order valence-electron chi connectivity index (χ3n) is 2.68. The molecule has 19 heavy (non-hydrogen) atoms. The van der Waals surface area contributed by atoms with Gasteiger partial charge < -0.3 is 10.6 Å². The zero-order chi connectivity index (χ0) is 13.5. The van der Waals surface area contributed by atoms with Gasteiger partial charge in [-0.05, 0) is 36.3 Å². The van der Waals surface area contributed by atoms with Gasteiger partial charge in [0.15, 0.2) is 0 Å². The first-order valence-electron chi connectivity index (χ1n) is 6.57. The van der Waals surface area contributed by atoms with Crippen molar-refractivity contribution >= 4 is 45.1 Å². The molecule has 0 saturated heterocycles. The second kappa shape index (κ2) is 7.55. The van der Waals surface area contributed by atoms with Crippen LogP contribution in [0.1, 0.15) is 19.8 Å². The van der Waals surface area contributed by atoms with Crippen LogP contribution in [0.15, 0.2) is 11.4 Å². The molecule has 2 aromatic heterocycles. The number of nitrogens with one attached hydrogen (secondary N) is 2. The molecule has 0 aliphatic heterocycles. The molecule has 6 heteroatoms. The number of anilines is 2. The quantitative estimate of drug-likeness (QED) is 0.728. The highest BCUT2D eigenvalue weighted by Crippen LogP contribution is 2.26. The summed E-state index contributed by atoms with van der Waals surface area (Å²) < 4.78 is 0. The van der Waals surface area contributed by atoms with E-state index in [4.69, 9.17) is 0 Å². The predicted octanol–water partition coefficient (Wildman–Crippen LogP) is 3.68. The van der Waals surface area contributed by atoms with Gasteiger partial charge >= 0.3 is 0 Å². The van der Waals surface area contributed by atoms with Crippen molar-refractivity contribution in [2.75, 3.05) is 35.7 Å². The van der Waals surface area contributed by atoms with Crippen LogP contribution in [0.2, 0.25) is 0 Å². The van der Waals surface area contributed by atoms with Crippen molar-refractivity contribution in [1.82, 2.24) is 9.97 Å². The maximum Gasteiger partial charge on any atom is 0.226 e. The third kappa shape index (κ3) is 3.98. The Kier molecular flexibility index (Phi) is 5.72. The molecule has 2 N–H and O–H groups in total. The number of thiophene rings is 1. The molecule has 0 aromatic carbocycles. The van der Waals surface area contributed by atoms with E-state index in [9.17, 15) is 0 Å². The minimum Gasteiger partial charge on any atom is -0.369 e. The Morgan fingerprint density at radius 3 is 2.95 bits per heavy atom. The summed E-state index contributed by atoms with van der Waals surface area (Å²) in [5.74, 6) is 2.85. The van der Waals surface area contributed by atoms with E-state index in [1.807, 2.05) is 11.8 Å². The second-order valence-electron chi connectivity index (χ2n) is 4.24. The molecule has 0 fully saturated rings. The summed E-state index contributed by atoms with van der Waals surface area (Å²) in [5, 5.41) is 9.87. The first kappa shape index (κ1) is 14.4. The van der Waals surface area contributed by atoms with Gasteiger partial charge in [-0.3, -0.25) is 0 Å². The van der Waals surface area contributed by atoms with Crippen molar-refractivity contribution in [1.29, 1.82) is 0 Å². The van der Waals surface area contributed by atoms with E-state index in [0.717, 1.165) is 47.9 Å². The van der Waals surface area contributed by atoms with Gasteiger partial charge in [-0.1, -0.05) is 6.92 Å². The van der Waals surface area contributed by atoms with Crippen LogP contribution in [0.4, 0.5) is 11.8 Å². The summed E-state index contributed by atoms with van der Waals surface area (Å²) in [4.78, 5) is 10.1. The zero-order valence-corrected chi connectivity index (χ0v) is 13.0. The predicted molar refractivity (Wildman–Crippen MR) is 87.7 cm³/mol. The van der Waals surface area contributed by atoms with E-state index in [-0.39, 0.29) is 0 Å². The molecule has 0 unspecified atom stereocenters. The zero-order valence-electron chi connectivity index (χ0n) is 11.4. The van der Waals surface area contributed by atoms with Gasteiger partial charge in [-0.15, -0.1) is 11.3 Å². The summed E-state index contributed by atoms with van der Waals surface area (Å²) in [6.45, 7) is 4.00. The smallest absolute Gasteiger partial charge is 0.226 e. The van der Waals surface area contributed by atoms with E-state index < -0.39 is 0 Å². The molecular weight excluding hydrogens is 276 g/mol. The highest BCUT2D eigenvalue weighted by Gasteiger charge is 2.08. The largest absolute Gasteiger partial charge is 0.369 e. The lowest BCUT2D eigenvalue weighted by molar-refractivity contribution is 0.950. The number of hydrogen-bond donors (Lipinski definition) is 2. The molecule has 104 valence electrons. The van der Waals surface area contributed by atoms with E-state index in [1.165, 1.54) is 5.75 Å². The molecule has 0 radical (unpaired) electrons. The molecule has 0 saturated carbocycles. The molecule has 0 aliphatic carbocycles. The second-order valence-corrected chi connectivity index (χ2v) is 6.12. The van der Waals surface area contributed by atoms with E-state index >= 15 is 0 Å².